The van der Waals surface area contributed by atoms with Gasteiger partial charge in [0, 0.05) is 0 Å². The van der Waals surface area contributed by atoms with Crippen molar-refractivity contribution in [2.45, 2.75) is 18.7 Å². The first-order valence-corrected chi connectivity index (χ1v) is 6.24. The third kappa shape index (κ3) is 1.70. The number of rotatable bonds is 0. The van der Waals surface area contributed by atoms with E-state index in [-0.39, 0.29) is 10.0 Å². The Kier molecular flexibility index (Phi) is 2.20. The van der Waals surface area contributed by atoms with Crippen molar-refractivity contribution in [3.8, 4) is 0 Å². The van der Waals surface area contributed by atoms with E-state index in [4.69, 9.17) is 12.2 Å². The van der Waals surface area contributed by atoms with E-state index < -0.39 is 10.0 Å². The summed E-state index contributed by atoms with van der Waals surface area (Å²) < 4.78 is 25.8. The summed E-state index contributed by atoms with van der Waals surface area (Å²) in [6, 6.07) is 3.60. The number of nitrogens with one attached hydrogen (secondary N) is 2. The maximum absolute atomic E-state index is 11.8. The first-order chi connectivity index (χ1) is 6.90. The maximum atomic E-state index is 11.8. The van der Waals surface area contributed by atoms with Crippen molar-refractivity contribution in [1.29, 1.82) is 0 Å². The van der Waals surface area contributed by atoms with Crippen molar-refractivity contribution in [3.05, 3.63) is 23.3 Å². The number of hydrogen-bond donors (Lipinski definition) is 2. The molecule has 80 valence electrons. The highest BCUT2D eigenvalue weighted by Crippen LogP contribution is 2.29. The summed E-state index contributed by atoms with van der Waals surface area (Å²) in [5, 5.41) is 2.96. The SMILES string of the molecule is Cc1cc(C)c2c(c1)NC(=S)NS2(=O)=O. The van der Waals surface area contributed by atoms with Crippen molar-refractivity contribution in [2.24, 2.45) is 0 Å². The van der Waals surface area contributed by atoms with Crippen LogP contribution in [0.4, 0.5) is 5.69 Å². The molecule has 0 fully saturated rings. The molecule has 1 aromatic carbocycles. The van der Waals surface area contributed by atoms with Crippen molar-refractivity contribution < 1.29 is 8.42 Å². The summed E-state index contributed by atoms with van der Waals surface area (Å²) in [6.45, 7) is 3.67. The molecule has 0 saturated carbocycles. The van der Waals surface area contributed by atoms with Crippen LogP contribution in [0.5, 0.6) is 0 Å². The minimum absolute atomic E-state index is 0.118. The number of sulfonamides is 1. The predicted octanol–water partition coefficient (Wildman–Crippen LogP) is 1.29. The number of hydrogen-bond acceptors (Lipinski definition) is 3. The topological polar surface area (TPSA) is 58.2 Å². The lowest BCUT2D eigenvalue weighted by Gasteiger charge is -2.22. The van der Waals surface area contributed by atoms with E-state index in [1.807, 2.05) is 13.0 Å². The van der Waals surface area contributed by atoms with Gasteiger partial charge in [-0.05, 0) is 43.3 Å². The molecule has 0 amide bonds. The Bertz CT molecular complexity index is 549. The molecule has 4 nitrogen and oxygen atoms in total. The average Bonchev–Trinajstić information content (AvgIpc) is 1.97. The van der Waals surface area contributed by atoms with Gasteiger partial charge in [0.25, 0.3) is 10.0 Å². The van der Waals surface area contributed by atoms with E-state index in [1.165, 1.54) is 0 Å². The van der Waals surface area contributed by atoms with E-state index in [9.17, 15) is 8.42 Å². The quantitative estimate of drug-likeness (QED) is 0.673. The third-order valence-corrected chi connectivity index (χ3v) is 4.05. The molecule has 0 spiro atoms. The van der Waals surface area contributed by atoms with Gasteiger partial charge in [-0.3, -0.25) is 4.72 Å². The van der Waals surface area contributed by atoms with E-state index in [0.29, 0.717) is 11.3 Å². The van der Waals surface area contributed by atoms with Crippen LogP contribution in [0, 0.1) is 13.8 Å². The van der Waals surface area contributed by atoms with E-state index in [1.54, 1.807) is 13.0 Å². The molecule has 0 radical (unpaired) electrons. The van der Waals surface area contributed by atoms with E-state index >= 15 is 0 Å². The molecular weight excluding hydrogens is 232 g/mol. The fourth-order valence-corrected chi connectivity index (χ4v) is 3.44. The highest BCUT2D eigenvalue weighted by molar-refractivity contribution is 7.92. The van der Waals surface area contributed by atoms with Crippen LogP contribution in [-0.4, -0.2) is 13.5 Å². The second-order valence-electron chi connectivity index (χ2n) is 3.52. The zero-order chi connectivity index (χ0) is 11.2. The fourth-order valence-electron chi connectivity index (χ4n) is 1.72. The highest BCUT2D eigenvalue weighted by Gasteiger charge is 2.27. The second-order valence-corrected chi connectivity index (χ2v) is 5.55. The lowest BCUT2D eigenvalue weighted by atomic mass is 10.1. The Labute approximate surface area is 93.7 Å². The van der Waals surface area contributed by atoms with Crippen LogP contribution in [0.25, 0.3) is 0 Å². The Morgan fingerprint density at radius 2 is 1.93 bits per heavy atom. The van der Waals surface area contributed by atoms with Gasteiger partial charge in [-0.25, -0.2) is 8.42 Å². The summed E-state index contributed by atoms with van der Waals surface area (Å²) in [5.41, 5.74) is 2.27. The van der Waals surface area contributed by atoms with Crippen LogP contribution in [-0.2, 0) is 10.0 Å². The number of fused-ring (bicyclic) bond motifs is 1. The molecule has 2 N–H and O–H groups in total. The maximum Gasteiger partial charge on any atom is 0.265 e. The summed E-state index contributed by atoms with van der Waals surface area (Å²) in [6.07, 6.45) is 0. The third-order valence-electron chi connectivity index (χ3n) is 2.16. The zero-order valence-corrected chi connectivity index (χ0v) is 9.92. The van der Waals surface area contributed by atoms with Crippen molar-refractivity contribution >= 4 is 33.0 Å². The van der Waals surface area contributed by atoms with Crippen LogP contribution in [0.2, 0.25) is 0 Å². The first kappa shape index (κ1) is 10.4. The molecule has 15 heavy (non-hydrogen) atoms. The van der Waals surface area contributed by atoms with Gasteiger partial charge < -0.3 is 5.32 Å². The van der Waals surface area contributed by atoms with Gasteiger partial charge in [0.2, 0.25) is 0 Å². The van der Waals surface area contributed by atoms with E-state index in [2.05, 4.69) is 10.0 Å². The Hall–Kier alpha value is -1.14. The number of thiocarbonyl (C=S) groups is 1. The number of anilines is 1. The smallest absolute Gasteiger partial charge is 0.265 e. The largest absolute Gasteiger partial charge is 0.331 e. The number of aryl methyl sites for hydroxylation is 2. The van der Waals surface area contributed by atoms with Gasteiger partial charge in [0.15, 0.2) is 5.11 Å². The molecule has 2 rings (SSSR count). The number of benzene rings is 1. The summed E-state index contributed by atoms with van der Waals surface area (Å²) in [5.74, 6) is 0. The average molecular weight is 242 g/mol. The van der Waals surface area contributed by atoms with Crippen LogP contribution >= 0.6 is 12.2 Å². The molecule has 0 unspecified atom stereocenters. The standard InChI is InChI=1S/C9H10N2O2S2/c1-5-3-6(2)8-7(4-5)10-9(14)11-15(8,12)13/h3-4H,1-2H3,(H2,10,11,14). The molecule has 0 saturated heterocycles. The molecule has 1 aliphatic heterocycles. The summed E-state index contributed by atoms with van der Waals surface area (Å²) in [7, 11) is -3.49. The zero-order valence-electron chi connectivity index (χ0n) is 8.29. The van der Waals surface area contributed by atoms with Gasteiger partial charge in [-0.15, -0.1) is 0 Å². The van der Waals surface area contributed by atoms with Crippen LogP contribution < -0.4 is 10.0 Å². The minimum Gasteiger partial charge on any atom is -0.331 e. The first-order valence-electron chi connectivity index (χ1n) is 4.35. The summed E-state index contributed by atoms with van der Waals surface area (Å²) in [4.78, 5) is 0.279. The molecular formula is C9H10N2O2S2. The molecule has 1 heterocycles. The van der Waals surface area contributed by atoms with Crippen molar-refractivity contribution in [1.82, 2.24) is 4.72 Å². The molecule has 0 aromatic heterocycles. The van der Waals surface area contributed by atoms with Gasteiger partial charge in [0.05, 0.1) is 5.69 Å². The van der Waals surface area contributed by atoms with Gasteiger partial charge >= 0.3 is 0 Å². The monoisotopic (exact) mass is 242 g/mol. The Morgan fingerprint density at radius 3 is 2.60 bits per heavy atom. The summed E-state index contributed by atoms with van der Waals surface area (Å²) >= 11 is 4.82. The van der Waals surface area contributed by atoms with Crippen LogP contribution in [0.3, 0.4) is 0 Å². The molecule has 1 aromatic rings. The minimum atomic E-state index is -3.49. The molecule has 0 atom stereocenters. The Morgan fingerprint density at radius 1 is 1.27 bits per heavy atom. The van der Waals surface area contributed by atoms with Gasteiger partial charge in [-0.1, -0.05) is 6.07 Å². The normalized spacial score (nSPS) is 17.6. The van der Waals surface area contributed by atoms with Crippen molar-refractivity contribution in [2.75, 3.05) is 5.32 Å². The van der Waals surface area contributed by atoms with E-state index in [0.717, 1.165) is 5.56 Å². The molecule has 0 aliphatic carbocycles. The fraction of sp³-hybridized carbons (Fsp3) is 0.222. The second kappa shape index (κ2) is 3.18. The van der Waals surface area contributed by atoms with Gasteiger partial charge in [-0.2, -0.15) is 0 Å². The molecule has 1 aliphatic rings. The lowest BCUT2D eigenvalue weighted by molar-refractivity contribution is 0.591. The van der Waals surface area contributed by atoms with Crippen LogP contribution in [0.1, 0.15) is 11.1 Å². The molecule has 6 heteroatoms. The molecule has 0 bridgehead atoms. The Balaban J connectivity index is 2.79. The highest BCUT2D eigenvalue weighted by atomic mass is 32.2. The predicted molar refractivity (Wildman–Crippen MR) is 62.5 cm³/mol. The van der Waals surface area contributed by atoms with Gasteiger partial charge in [0.1, 0.15) is 4.90 Å². The lowest BCUT2D eigenvalue weighted by Crippen LogP contribution is -2.39. The van der Waals surface area contributed by atoms with Crippen molar-refractivity contribution in [3.63, 3.8) is 0 Å². The van der Waals surface area contributed by atoms with Crippen LogP contribution in [0.15, 0.2) is 17.0 Å².